The number of halogens is 1. The first-order valence-corrected chi connectivity index (χ1v) is 9.01. The molecule has 8 heteroatoms. The van der Waals surface area contributed by atoms with Crippen LogP contribution in [0.25, 0.3) is 0 Å². The molecule has 146 valence electrons. The quantitative estimate of drug-likeness (QED) is 0.551. The van der Waals surface area contributed by atoms with Crippen LogP contribution in [-0.4, -0.2) is 37.0 Å². The Balaban J connectivity index is 1.44. The summed E-state index contributed by atoms with van der Waals surface area (Å²) >= 11 is 0. The molecule has 0 spiro atoms. The van der Waals surface area contributed by atoms with Gasteiger partial charge in [0.25, 0.3) is 11.8 Å². The van der Waals surface area contributed by atoms with Crippen LogP contribution in [0.1, 0.15) is 33.6 Å². The Labute approximate surface area is 161 Å². The third kappa shape index (κ3) is 5.54. The molecule has 0 unspecified atom stereocenters. The molecule has 28 heavy (non-hydrogen) atoms. The Morgan fingerprint density at radius 1 is 0.929 bits per heavy atom. The SMILES string of the molecule is O=C(Nc1cccc(C(=O)NCCNC(=O)c2ccccc2F)c1)NC1CC1. The molecule has 1 aliphatic rings. The maximum Gasteiger partial charge on any atom is 0.319 e. The largest absolute Gasteiger partial charge is 0.350 e. The number of hydrogen-bond donors (Lipinski definition) is 4. The average molecular weight is 384 g/mol. The Kier molecular flexibility index (Phi) is 6.21. The summed E-state index contributed by atoms with van der Waals surface area (Å²) in [6, 6.07) is 12.2. The van der Waals surface area contributed by atoms with Crippen molar-refractivity contribution < 1.29 is 18.8 Å². The monoisotopic (exact) mass is 384 g/mol. The molecule has 2 aromatic carbocycles. The van der Waals surface area contributed by atoms with Crippen LogP contribution in [-0.2, 0) is 0 Å². The topological polar surface area (TPSA) is 99.3 Å². The smallest absolute Gasteiger partial charge is 0.319 e. The number of amides is 4. The van der Waals surface area contributed by atoms with Gasteiger partial charge in [0.15, 0.2) is 0 Å². The first kappa shape index (κ1) is 19.3. The zero-order chi connectivity index (χ0) is 19.9. The number of anilines is 1. The minimum Gasteiger partial charge on any atom is -0.350 e. The maximum absolute atomic E-state index is 13.5. The van der Waals surface area contributed by atoms with E-state index in [0.29, 0.717) is 11.3 Å². The zero-order valence-electron chi connectivity index (χ0n) is 15.1. The van der Waals surface area contributed by atoms with Crippen molar-refractivity contribution in [2.45, 2.75) is 18.9 Å². The lowest BCUT2D eigenvalue weighted by Crippen LogP contribution is -2.35. The van der Waals surface area contributed by atoms with Crippen molar-refractivity contribution in [2.75, 3.05) is 18.4 Å². The van der Waals surface area contributed by atoms with Gasteiger partial charge < -0.3 is 21.3 Å². The Morgan fingerprint density at radius 2 is 1.64 bits per heavy atom. The van der Waals surface area contributed by atoms with Crippen LogP contribution >= 0.6 is 0 Å². The van der Waals surface area contributed by atoms with Crippen molar-refractivity contribution in [3.63, 3.8) is 0 Å². The molecule has 0 saturated heterocycles. The highest BCUT2D eigenvalue weighted by Gasteiger charge is 2.23. The van der Waals surface area contributed by atoms with Gasteiger partial charge in [0.05, 0.1) is 5.56 Å². The van der Waals surface area contributed by atoms with Crippen LogP contribution in [0, 0.1) is 5.82 Å². The second-order valence-electron chi connectivity index (χ2n) is 6.45. The summed E-state index contributed by atoms with van der Waals surface area (Å²) in [7, 11) is 0. The van der Waals surface area contributed by atoms with Gasteiger partial charge in [0.2, 0.25) is 0 Å². The summed E-state index contributed by atoms with van der Waals surface area (Å²) in [4.78, 5) is 35.9. The number of benzene rings is 2. The van der Waals surface area contributed by atoms with E-state index in [1.807, 2.05) is 0 Å². The minimum atomic E-state index is -0.598. The summed E-state index contributed by atoms with van der Waals surface area (Å²) in [5.41, 5.74) is 0.848. The van der Waals surface area contributed by atoms with E-state index >= 15 is 0 Å². The summed E-state index contributed by atoms with van der Waals surface area (Å²) in [6.07, 6.45) is 1.98. The van der Waals surface area contributed by atoms with Gasteiger partial charge in [-0.15, -0.1) is 0 Å². The second-order valence-corrected chi connectivity index (χ2v) is 6.45. The van der Waals surface area contributed by atoms with Crippen LogP contribution in [0.4, 0.5) is 14.9 Å². The van der Waals surface area contributed by atoms with Gasteiger partial charge >= 0.3 is 6.03 Å². The highest BCUT2D eigenvalue weighted by atomic mass is 19.1. The van der Waals surface area contributed by atoms with Gasteiger partial charge in [0.1, 0.15) is 5.82 Å². The highest BCUT2D eigenvalue weighted by Crippen LogP contribution is 2.19. The molecular formula is C20H21FN4O3. The lowest BCUT2D eigenvalue weighted by atomic mass is 10.2. The number of carbonyl (C=O) groups is 3. The van der Waals surface area contributed by atoms with Gasteiger partial charge in [-0.2, -0.15) is 0 Å². The van der Waals surface area contributed by atoms with E-state index in [2.05, 4.69) is 21.3 Å². The molecule has 0 bridgehead atoms. The van der Waals surface area contributed by atoms with Gasteiger partial charge in [-0.1, -0.05) is 18.2 Å². The molecule has 0 atom stereocenters. The Hall–Kier alpha value is -3.42. The fourth-order valence-corrected chi connectivity index (χ4v) is 2.51. The molecule has 0 aromatic heterocycles. The van der Waals surface area contributed by atoms with Crippen LogP contribution < -0.4 is 21.3 Å². The van der Waals surface area contributed by atoms with E-state index < -0.39 is 11.7 Å². The van der Waals surface area contributed by atoms with Gasteiger partial charge in [0, 0.05) is 30.4 Å². The third-order valence-corrected chi connectivity index (χ3v) is 4.11. The molecule has 1 saturated carbocycles. The molecule has 7 nitrogen and oxygen atoms in total. The number of carbonyl (C=O) groups excluding carboxylic acids is 3. The lowest BCUT2D eigenvalue weighted by Gasteiger charge is -2.10. The number of nitrogens with one attached hydrogen (secondary N) is 4. The van der Waals surface area contributed by atoms with E-state index in [0.717, 1.165) is 12.8 Å². The molecule has 0 heterocycles. The standard InChI is InChI=1S/C20H21FN4O3/c21-17-7-2-1-6-16(17)19(27)23-11-10-22-18(26)13-4-3-5-15(12-13)25-20(28)24-14-8-9-14/h1-7,12,14H,8-11H2,(H,22,26)(H,23,27)(H2,24,25,28). The lowest BCUT2D eigenvalue weighted by molar-refractivity contribution is 0.0925. The highest BCUT2D eigenvalue weighted by molar-refractivity contribution is 5.97. The Morgan fingerprint density at radius 3 is 2.36 bits per heavy atom. The predicted molar refractivity (Wildman–Crippen MR) is 103 cm³/mol. The molecule has 3 rings (SSSR count). The maximum atomic E-state index is 13.5. The molecule has 1 aliphatic carbocycles. The first-order chi connectivity index (χ1) is 13.5. The molecule has 4 N–H and O–H groups in total. The van der Waals surface area contributed by atoms with Crippen LogP contribution in [0.15, 0.2) is 48.5 Å². The van der Waals surface area contributed by atoms with Crippen LogP contribution in [0.2, 0.25) is 0 Å². The fraction of sp³-hybridized carbons (Fsp3) is 0.250. The second kappa shape index (κ2) is 8.98. The zero-order valence-corrected chi connectivity index (χ0v) is 15.1. The Bertz CT molecular complexity index is 883. The molecule has 2 aromatic rings. The van der Waals surface area contributed by atoms with E-state index in [9.17, 15) is 18.8 Å². The van der Waals surface area contributed by atoms with Crippen molar-refractivity contribution in [1.29, 1.82) is 0 Å². The number of urea groups is 1. The molecule has 4 amide bonds. The molecule has 0 radical (unpaired) electrons. The summed E-state index contributed by atoms with van der Waals surface area (Å²) in [6.45, 7) is 0.333. The van der Waals surface area contributed by atoms with Crippen LogP contribution in [0.5, 0.6) is 0 Å². The van der Waals surface area contributed by atoms with Crippen molar-refractivity contribution >= 4 is 23.5 Å². The van der Waals surface area contributed by atoms with Crippen LogP contribution in [0.3, 0.4) is 0 Å². The number of hydrogen-bond acceptors (Lipinski definition) is 3. The predicted octanol–water partition coefficient (Wildman–Crippen LogP) is 2.27. The van der Waals surface area contributed by atoms with Crippen molar-refractivity contribution in [2.24, 2.45) is 0 Å². The van der Waals surface area contributed by atoms with E-state index in [-0.39, 0.29) is 36.6 Å². The first-order valence-electron chi connectivity index (χ1n) is 9.01. The summed E-state index contributed by atoms with van der Waals surface area (Å²) in [5, 5.41) is 10.7. The van der Waals surface area contributed by atoms with Gasteiger partial charge in [-0.05, 0) is 43.2 Å². The minimum absolute atomic E-state index is 0.0444. The van der Waals surface area contributed by atoms with Crippen molar-refractivity contribution in [1.82, 2.24) is 16.0 Å². The van der Waals surface area contributed by atoms with Crippen molar-refractivity contribution in [3.8, 4) is 0 Å². The number of rotatable bonds is 7. The third-order valence-electron chi connectivity index (χ3n) is 4.11. The summed E-state index contributed by atoms with van der Waals surface area (Å²) < 4.78 is 13.5. The molecule has 0 aliphatic heterocycles. The van der Waals surface area contributed by atoms with E-state index in [1.165, 1.54) is 18.2 Å². The van der Waals surface area contributed by atoms with Gasteiger partial charge in [-0.3, -0.25) is 9.59 Å². The average Bonchev–Trinajstić information content (AvgIpc) is 3.49. The molecule has 1 fully saturated rings. The fourth-order valence-electron chi connectivity index (χ4n) is 2.51. The van der Waals surface area contributed by atoms with Gasteiger partial charge in [-0.25, -0.2) is 9.18 Å². The normalized spacial score (nSPS) is 12.8. The van der Waals surface area contributed by atoms with E-state index in [1.54, 1.807) is 30.3 Å². The van der Waals surface area contributed by atoms with E-state index in [4.69, 9.17) is 0 Å². The summed E-state index contributed by atoms with van der Waals surface area (Å²) in [5.74, 6) is -1.48. The van der Waals surface area contributed by atoms with Crippen molar-refractivity contribution in [3.05, 3.63) is 65.5 Å². The molecular weight excluding hydrogens is 363 g/mol.